The third-order valence-corrected chi connectivity index (χ3v) is 4.23. The number of benzene rings is 1. The van der Waals surface area contributed by atoms with E-state index in [1.54, 1.807) is 0 Å². The van der Waals surface area contributed by atoms with Gasteiger partial charge in [0, 0.05) is 13.1 Å². The first-order valence-corrected chi connectivity index (χ1v) is 8.02. The number of carboxylic acid groups (broad SMARTS) is 1. The van der Waals surface area contributed by atoms with E-state index < -0.39 is 42.3 Å². The lowest BCUT2D eigenvalue weighted by molar-refractivity contribution is -0.126. The molecule has 2 rings (SSSR count). The van der Waals surface area contributed by atoms with Crippen molar-refractivity contribution in [2.24, 2.45) is 5.73 Å². The Balaban J connectivity index is 2.38. The van der Waals surface area contributed by atoms with Crippen molar-refractivity contribution in [1.29, 1.82) is 0 Å². The molecule has 146 valence electrons. The highest BCUT2D eigenvalue weighted by Gasteiger charge is 2.44. The fourth-order valence-corrected chi connectivity index (χ4v) is 2.94. The number of methoxy groups -OCH3 is 1. The number of nitrogens with two attached hydrogens (primary N) is 1. The van der Waals surface area contributed by atoms with E-state index >= 15 is 0 Å². The number of imide groups is 1. The first-order chi connectivity index (χ1) is 12.7. The van der Waals surface area contributed by atoms with Gasteiger partial charge in [0.25, 0.3) is 0 Å². The Bertz CT molecular complexity index is 757. The molecule has 6 N–H and O–H groups in total. The lowest BCUT2D eigenvalue weighted by atomic mass is 9.74. The van der Waals surface area contributed by atoms with Gasteiger partial charge in [0.1, 0.15) is 23.6 Å². The van der Waals surface area contributed by atoms with Gasteiger partial charge < -0.3 is 35.6 Å². The number of nitrogens with zero attached hydrogens (tertiary/aromatic N) is 2. The summed E-state index contributed by atoms with van der Waals surface area (Å²) in [6, 6.07) is 1.86. The summed E-state index contributed by atoms with van der Waals surface area (Å²) < 4.78 is 4.89. The number of hydrogen-bond donors (Lipinski definition) is 5. The standard InChI is InChI=1S/C15H20BN3O8/c1-27-9-3-2-8(13(21)12(9)14(22)23)6-10(16(25)26)19-11(20)7-18(5-4-17)15(19)24/h2-3,10,21,25-26H,4-7,17H2,1H3,(H,22,23)/t10-/m0/s1. The van der Waals surface area contributed by atoms with Crippen LogP contribution in [0.1, 0.15) is 15.9 Å². The van der Waals surface area contributed by atoms with Gasteiger partial charge in [-0.05, 0) is 18.1 Å². The second-order valence-electron chi connectivity index (χ2n) is 5.90. The van der Waals surface area contributed by atoms with Crippen LogP contribution in [-0.2, 0) is 11.2 Å². The van der Waals surface area contributed by atoms with Crippen LogP contribution in [0.4, 0.5) is 4.79 Å². The molecule has 1 aliphatic heterocycles. The quantitative estimate of drug-likeness (QED) is 0.258. The molecule has 1 heterocycles. The van der Waals surface area contributed by atoms with Gasteiger partial charge in [0.2, 0.25) is 5.91 Å². The number of carbonyl (C=O) groups is 3. The molecule has 1 aromatic carbocycles. The van der Waals surface area contributed by atoms with E-state index in [2.05, 4.69) is 0 Å². The summed E-state index contributed by atoms with van der Waals surface area (Å²) in [6.07, 6.45) is -0.373. The van der Waals surface area contributed by atoms with E-state index in [0.717, 1.165) is 4.90 Å². The monoisotopic (exact) mass is 381 g/mol. The zero-order valence-electron chi connectivity index (χ0n) is 14.5. The van der Waals surface area contributed by atoms with E-state index in [1.165, 1.54) is 19.2 Å². The predicted molar refractivity (Wildman–Crippen MR) is 92.2 cm³/mol. The Morgan fingerprint density at radius 2 is 2.04 bits per heavy atom. The van der Waals surface area contributed by atoms with Crippen molar-refractivity contribution in [3.63, 3.8) is 0 Å². The molecule has 1 aliphatic rings. The van der Waals surface area contributed by atoms with Crippen molar-refractivity contribution in [2.75, 3.05) is 26.7 Å². The van der Waals surface area contributed by atoms with Crippen LogP contribution in [0.2, 0.25) is 0 Å². The second kappa shape index (κ2) is 8.25. The van der Waals surface area contributed by atoms with Crippen molar-refractivity contribution >= 4 is 25.0 Å². The first kappa shape index (κ1) is 20.5. The van der Waals surface area contributed by atoms with Crippen LogP contribution in [-0.4, -0.2) is 87.8 Å². The number of carbonyl (C=O) groups excluding carboxylic acids is 2. The number of aromatic carboxylic acids is 1. The lowest BCUT2D eigenvalue weighted by Crippen LogP contribution is -2.51. The van der Waals surface area contributed by atoms with Crippen molar-refractivity contribution in [3.05, 3.63) is 23.3 Å². The maximum absolute atomic E-state index is 12.4. The van der Waals surface area contributed by atoms with Crippen LogP contribution in [0.3, 0.4) is 0 Å². The molecule has 0 radical (unpaired) electrons. The highest BCUT2D eigenvalue weighted by molar-refractivity contribution is 6.44. The normalized spacial score (nSPS) is 15.3. The topological polar surface area (TPSA) is 174 Å². The molecule has 11 nitrogen and oxygen atoms in total. The Morgan fingerprint density at radius 1 is 1.37 bits per heavy atom. The number of ether oxygens (including phenoxy) is 1. The first-order valence-electron chi connectivity index (χ1n) is 8.02. The number of rotatable bonds is 8. The molecule has 0 aliphatic carbocycles. The molecular formula is C15H20BN3O8. The van der Waals surface area contributed by atoms with Crippen LogP contribution in [0, 0.1) is 0 Å². The van der Waals surface area contributed by atoms with E-state index in [1.807, 2.05) is 0 Å². The number of phenols is 1. The molecule has 0 unspecified atom stereocenters. The van der Waals surface area contributed by atoms with E-state index in [9.17, 15) is 34.6 Å². The summed E-state index contributed by atoms with van der Waals surface area (Å²) in [7, 11) is -0.875. The zero-order valence-corrected chi connectivity index (χ0v) is 14.5. The number of urea groups is 1. The molecule has 3 amide bonds. The maximum Gasteiger partial charge on any atom is 0.476 e. The van der Waals surface area contributed by atoms with Gasteiger partial charge >= 0.3 is 19.1 Å². The molecule has 0 aromatic heterocycles. The van der Waals surface area contributed by atoms with Gasteiger partial charge in [-0.3, -0.25) is 9.69 Å². The van der Waals surface area contributed by atoms with E-state index in [-0.39, 0.29) is 37.4 Å². The minimum atomic E-state index is -2.11. The highest BCUT2D eigenvalue weighted by Crippen LogP contribution is 2.33. The van der Waals surface area contributed by atoms with Gasteiger partial charge in [-0.1, -0.05) is 6.07 Å². The molecule has 0 saturated carbocycles. The lowest BCUT2D eigenvalue weighted by Gasteiger charge is -2.26. The van der Waals surface area contributed by atoms with Crippen LogP contribution >= 0.6 is 0 Å². The van der Waals surface area contributed by atoms with Gasteiger partial charge in [0.15, 0.2) is 0 Å². The molecular weight excluding hydrogens is 361 g/mol. The highest BCUT2D eigenvalue weighted by atomic mass is 16.5. The van der Waals surface area contributed by atoms with E-state index in [0.29, 0.717) is 4.90 Å². The SMILES string of the molecule is COc1ccc(C[C@@H](B(O)O)N2C(=O)CN(CCN)C2=O)c(O)c1C(=O)O. The fourth-order valence-electron chi connectivity index (χ4n) is 2.94. The van der Waals surface area contributed by atoms with Gasteiger partial charge in [-0.15, -0.1) is 0 Å². The Kier molecular flexibility index (Phi) is 6.26. The molecule has 12 heteroatoms. The van der Waals surface area contributed by atoms with Crippen LogP contribution < -0.4 is 10.5 Å². The van der Waals surface area contributed by atoms with E-state index in [4.69, 9.17) is 10.5 Å². The number of hydrogen-bond acceptors (Lipinski definition) is 8. The van der Waals surface area contributed by atoms with Crippen LogP contribution in [0.25, 0.3) is 0 Å². The van der Waals surface area contributed by atoms with Crippen molar-refractivity contribution in [2.45, 2.75) is 12.4 Å². The molecule has 1 fully saturated rings. The van der Waals surface area contributed by atoms with Gasteiger partial charge in [-0.25, -0.2) is 9.59 Å². The number of amides is 3. The van der Waals surface area contributed by atoms with Crippen molar-refractivity contribution in [3.8, 4) is 11.5 Å². The zero-order chi connectivity index (χ0) is 20.3. The second-order valence-corrected chi connectivity index (χ2v) is 5.90. The summed E-state index contributed by atoms with van der Waals surface area (Å²) in [5.41, 5.74) is 4.88. The van der Waals surface area contributed by atoms with Crippen molar-refractivity contribution < 1.29 is 39.4 Å². The summed E-state index contributed by atoms with van der Waals surface area (Å²) in [6.45, 7) is -0.0130. The maximum atomic E-state index is 12.4. The summed E-state index contributed by atoms with van der Waals surface area (Å²) >= 11 is 0. The third kappa shape index (κ3) is 3.97. The van der Waals surface area contributed by atoms with Crippen molar-refractivity contribution in [1.82, 2.24) is 9.80 Å². The predicted octanol–water partition coefficient (Wildman–Crippen LogP) is -1.75. The van der Waals surface area contributed by atoms with Gasteiger partial charge in [-0.2, -0.15) is 0 Å². The third-order valence-electron chi connectivity index (χ3n) is 4.23. The summed E-state index contributed by atoms with van der Waals surface area (Å²) in [5, 5.41) is 38.9. The Hall–Kier alpha value is -2.83. The van der Waals surface area contributed by atoms with Crippen LogP contribution in [0.5, 0.6) is 11.5 Å². The van der Waals surface area contributed by atoms with Gasteiger partial charge in [0.05, 0.1) is 13.1 Å². The smallest absolute Gasteiger partial charge is 0.476 e. The average molecular weight is 381 g/mol. The average Bonchev–Trinajstić information content (AvgIpc) is 2.87. The summed E-state index contributed by atoms with van der Waals surface area (Å²) in [5.74, 6) is -4.26. The fraction of sp³-hybridized carbons (Fsp3) is 0.400. The number of carboxylic acids is 1. The Labute approximate surface area is 154 Å². The Morgan fingerprint density at radius 3 is 2.56 bits per heavy atom. The summed E-state index contributed by atoms with van der Waals surface area (Å²) in [4.78, 5) is 37.8. The molecule has 0 spiro atoms. The van der Waals surface area contributed by atoms with Crippen LogP contribution in [0.15, 0.2) is 12.1 Å². The number of aromatic hydroxyl groups is 1. The largest absolute Gasteiger partial charge is 0.507 e. The molecule has 1 saturated heterocycles. The minimum Gasteiger partial charge on any atom is -0.507 e. The molecule has 1 atom stereocenters. The minimum absolute atomic E-state index is 0.00387. The molecule has 1 aromatic rings. The molecule has 27 heavy (non-hydrogen) atoms. The molecule has 0 bridgehead atoms.